The maximum absolute atomic E-state index is 5.99. The van der Waals surface area contributed by atoms with Gasteiger partial charge in [0.25, 0.3) is 0 Å². The molecular formula is C11H14ClN5. The van der Waals surface area contributed by atoms with Crippen LogP contribution in [0, 0.1) is 0 Å². The summed E-state index contributed by atoms with van der Waals surface area (Å²) in [6, 6.07) is 1.92. The molecule has 2 aromatic rings. The zero-order valence-corrected chi connectivity index (χ0v) is 10.1. The Bertz CT molecular complexity index is 443. The first kappa shape index (κ1) is 12.0. The predicted molar refractivity (Wildman–Crippen MR) is 65.6 cm³/mol. The van der Waals surface area contributed by atoms with Crippen LogP contribution >= 0.6 is 11.6 Å². The summed E-state index contributed by atoms with van der Waals surface area (Å²) in [5.74, 6) is 0. The van der Waals surface area contributed by atoms with Crippen LogP contribution in [0.2, 0.25) is 5.02 Å². The monoisotopic (exact) mass is 251 g/mol. The summed E-state index contributed by atoms with van der Waals surface area (Å²) in [7, 11) is 0. The molecule has 0 aliphatic heterocycles. The lowest BCUT2D eigenvalue weighted by Crippen LogP contribution is -2.17. The molecule has 0 aliphatic carbocycles. The van der Waals surface area contributed by atoms with Crippen LogP contribution in [0.5, 0.6) is 0 Å². The lowest BCUT2D eigenvalue weighted by atomic mass is 10.2. The molecule has 17 heavy (non-hydrogen) atoms. The third kappa shape index (κ3) is 3.80. The largest absolute Gasteiger partial charge is 0.313 e. The number of pyridine rings is 1. The maximum atomic E-state index is 5.99. The highest BCUT2D eigenvalue weighted by Gasteiger charge is 1.98. The van der Waals surface area contributed by atoms with E-state index in [2.05, 4.69) is 20.6 Å². The van der Waals surface area contributed by atoms with Crippen molar-refractivity contribution in [2.75, 3.05) is 6.54 Å². The van der Waals surface area contributed by atoms with Crippen LogP contribution in [0.1, 0.15) is 12.0 Å². The zero-order valence-electron chi connectivity index (χ0n) is 9.38. The van der Waals surface area contributed by atoms with E-state index in [1.165, 1.54) is 0 Å². The predicted octanol–water partition coefficient (Wildman–Crippen LogP) is 1.51. The summed E-state index contributed by atoms with van der Waals surface area (Å²) < 4.78 is 1.82. The van der Waals surface area contributed by atoms with Crippen LogP contribution in [-0.2, 0) is 13.1 Å². The molecule has 2 heterocycles. The highest BCUT2D eigenvalue weighted by molar-refractivity contribution is 6.31. The lowest BCUT2D eigenvalue weighted by Gasteiger charge is -2.06. The Labute approximate surface area is 105 Å². The molecule has 1 N–H and O–H groups in total. The fourth-order valence-electron chi connectivity index (χ4n) is 1.49. The Hall–Kier alpha value is -1.46. The second-order valence-electron chi connectivity index (χ2n) is 3.66. The van der Waals surface area contributed by atoms with Gasteiger partial charge in [0.2, 0.25) is 0 Å². The van der Waals surface area contributed by atoms with E-state index in [-0.39, 0.29) is 0 Å². The van der Waals surface area contributed by atoms with Gasteiger partial charge < -0.3 is 5.32 Å². The first-order valence-electron chi connectivity index (χ1n) is 5.49. The molecule has 0 radical (unpaired) electrons. The first-order chi connectivity index (χ1) is 8.36. The van der Waals surface area contributed by atoms with Crippen molar-refractivity contribution >= 4 is 11.6 Å². The molecule has 2 aromatic heterocycles. The van der Waals surface area contributed by atoms with Gasteiger partial charge in [0.1, 0.15) is 0 Å². The van der Waals surface area contributed by atoms with Crippen LogP contribution in [0.25, 0.3) is 0 Å². The number of hydrogen-bond donors (Lipinski definition) is 1. The van der Waals surface area contributed by atoms with Crippen LogP contribution in [0.4, 0.5) is 0 Å². The molecule has 0 unspecified atom stereocenters. The van der Waals surface area contributed by atoms with Crippen molar-refractivity contribution in [3.63, 3.8) is 0 Å². The van der Waals surface area contributed by atoms with E-state index in [4.69, 9.17) is 11.6 Å². The summed E-state index contributed by atoms with van der Waals surface area (Å²) >= 11 is 5.99. The van der Waals surface area contributed by atoms with Crippen LogP contribution in [-0.4, -0.2) is 26.5 Å². The van der Waals surface area contributed by atoms with Gasteiger partial charge in [-0.3, -0.25) is 9.67 Å². The number of rotatable bonds is 6. The van der Waals surface area contributed by atoms with Gasteiger partial charge in [0.05, 0.1) is 11.2 Å². The van der Waals surface area contributed by atoms with Crippen LogP contribution in [0.15, 0.2) is 30.9 Å². The fourth-order valence-corrected chi connectivity index (χ4v) is 1.67. The molecule has 0 fully saturated rings. The molecule has 5 nitrogen and oxygen atoms in total. The summed E-state index contributed by atoms with van der Waals surface area (Å²) in [4.78, 5) is 3.94. The molecule has 0 spiro atoms. The molecule has 0 aromatic carbocycles. The molecule has 0 amide bonds. The number of halogens is 1. The van der Waals surface area contributed by atoms with Crippen molar-refractivity contribution < 1.29 is 0 Å². The SMILES string of the molecule is Clc1cnccc1CNCCCn1ccnn1. The summed E-state index contributed by atoms with van der Waals surface area (Å²) in [5, 5.41) is 11.7. The molecule has 0 saturated carbocycles. The van der Waals surface area contributed by atoms with E-state index in [0.717, 1.165) is 31.6 Å². The molecule has 90 valence electrons. The third-order valence-corrected chi connectivity index (χ3v) is 2.72. The average Bonchev–Trinajstić information content (AvgIpc) is 2.84. The molecule has 2 rings (SSSR count). The highest BCUT2D eigenvalue weighted by atomic mass is 35.5. The summed E-state index contributed by atoms with van der Waals surface area (Å²) in [6.45, 7) is 2.55. The topological polar surface area (TPSA) is 55.6 Å². The van der Waals surface area contributed by atoms with Gasteiger partial charge >= 0.3 is 0 Å². The average molecular weight is 252 g/mol. The number of hydrogen-bond acceptors (Lipinski definition) is 4. The Morgan fingerprint density at radius 2 is 2.29 bits per heavy atom. The van der Waals surface area contributed by atoms with E-state index < -0.39 is 0 Å². The van der Waals surface area contributed by atoms with Gasteiger partial charge in [0, 0.05) is 31.7 Å². The van der Waals surface area contributed by atoms with E-state index in [1.54, 1.807) is 18.6 Å². The second-order valence-corrected chi connectivity index (χ2v) is 4.07. The van der Waals surface area contributed by atoms with E-state index in [1.807, 2.05) is 16.9 Å². The highest BCUT2D eigenvalue weighted by Crippen LogP contribution is 2.12. The second kappa shape index (κ2) is 6.32. The van der Waals surface area contributed by atoms with Gasteiger partial charge in [0.15, 0.2) is 0 Å². The minimum absolute atomic E-state index is 0.705. The van der Waals surface area contributed by atoms with Crippen molar-refractivity contribution in [1.29, 1.82) is 0 Å². The molecule has 0 aliphatic rings. The normalized spacial score (nSPS) is 10.6. The fraction of sp³-hybridized carbons (Fsp3) is 0.364. The van der Waals surface area contributed by atoms with Gasteiger partial charge in [-0.25, -0.2) is 0 Å². The lowest BCUT2D eigenvalue weighted by molar-refractivity contribution is 0.530. The van der Waals surface area contributed by atoms with Crippen molar-refractivity contribution in [3.8, 4) is 0 Å². The quantitative estimate of drug-likeness (QED) is 0.791. The number of aryl methyl sites for hydroxylation is 1. The van der Waals surface area contributed by atoms with E-state index in [0.29, 0.717) is 5.02 Å². The number of aromatic nitrogens is 4. The van der Waals surface area contributed by atoms with Crippen molar-refractivity contribution in [3.05, 3.63) is 41.4 Å². The molecule has 0 saturated heterocycles. The van der Waals surface area contributed by atoms with Crippen molar-refractivity contribution in [2.45, 2.75) is 19.5 Å². The molecular weight excluding hydrogens is 238 g/mol. The van der Waals surface area contributed by atoms with Crippen LogP contribution < -0.4 is 5.32 Å². The third-order valence-electron chi connectivity index (χ3n) is 2.38. The summed E-state index contributed by atoms with van der Waals surface area (Å²) in [6.07, 6.45) is 7.96. The smallest absolute Gasteiger partial charge is 0.0692 e. The van der Waals surface area contributed by atoms with E-state index >= 15 is 0 Å². The van der Waals surface area contributed by atoms with Crippen molar-refractivity contribution in [1.82, 2.24) is 25.3 Å². The Balaban J connectivity index is 1.65. The van der Waals surface area contributed by atoms with Crippen LogP contribution in [0.3, 0.4) is 0 Å². The molecule has 6 heteroatoms. The van der Waals surface area contributed by atoms with Gasteiger partial charge in [-0.05, 0) is 24.6 Å². The Morgan fingerprint density at radius 3 is 3.06 bits per heavy atom. The molecule has 0 atom stereocenters. The number of nitrogens with one attached hydrogen (secondary N) is 1. The molecule has 0 bridgehead atoms. The zero-order chi connectivity index (χ0) is 11.9. The van der Waals surface area contributed by atoms with Gasteiger partial charge in [-0.15, -0.1) is 5.10 Å². The standard InChI is InChI=1S/C11H14ClN5/c12-11-9-14-4-2-10(11)8-13-3-1-6-17-7-5-15-16-17/h2,4-5,7,9,13H,1,3,6,8H2. The van der Waals surface area contributed by atoms with Gasteiger partial charge in [-0.2, -0.15) is 0 Å². The first-order valence-corrected chi connectivity index (χ1v) is 5.87. The maximum Gasteiger partial charge on any atom is 0.0692 e. The summed E-state index contributed by atoms with van der Waals surface area (Å²) in [5.41, 5.74) is 1.07. The van der Waals surface area contributed by atoms with Gasteiger partial charge in [-0.1, -0.05) is 16.8 Å². The Kier molecular flexibility index (Phi) is 4.46. The minimum Gasteiger partial charge on any atom is -0.313 e. The minimum atomic E-state index is 0.705. The van der Waals surface area contributed by atoms with Crippen molar-refractivity contribution in [2.24, 2.45) is 0 Å². The Morgan fingerprint density at radius 1 is 1.35 bits per heavy atom. The van der Waals surface area contributed by atoms with E-state index in [9.17, 15) is 0 Å². The number of nitrogens with zero attached hydrogens (tertiary/aromatic N) is 4.